The fourth-order valence-electron chi connectivity index (χ4n) is 1.27. The highest BCUT2D eigenvalue weighted by Crippen LogP contribution is 2.08. The van der Waals surface area contributed by atoms with Gasteiger partial charge in [-0.15, -0.1) is 0 Å². The van der Waals surface area contributed by atoms with Crippen molar-refractivity contribution >= 4 is 16.9 Å². The quantitative estimate of drug-likeness (QED) is 0.629. The van der Waals surface area contributed by atoms with Crippen LogP contribution in [0.3, 0.4) is 0 Å². The zero-order valence-corrected chi connectivity index (χ0v) is 8.80. The first-order valence-electron chi connectivity index (χ1n) is 4.44. The first-order chi connectivity index (χ1) is 6.15. The van der Waals surface area contributed by atoms with E-state index in [0.717, 1.165) is 0 Å². The lowest BCUT2D eigenvalue weighted by Gasteiger charge is -2.29. The van der Waals surface area contributed by atoms with Crippen LogP contribution in [0.2, 0.25) is 0 Å². The molecule has 4 nitrogen and oxygen atoms in total. The maximum Gasteiger partial charge on any atom is 0.409 e. The predicted molar refractivity (Wildman–Crippen MR) is 51.1 cm³/mol. The van der Waals surface area contributed by atoms with Crippen molar-refractivity contribution < 1.29 is 13.7 Å². The maximum absolute atomic E-state index is 11.3. The van der Waals surface area contributed by atoms with Crippen LogP contribution < -0.4 is 0 Å². The highest BCUT2D eigenvalue weighted by molar-refractivity contribution is 7.85. The lowest BCUT2D eigenvalue weighted by atomic mass is 10.4. The zero-order valence-electron chi connectivity index (χ0n) is 7.99. The minimum absolute atomic E-state index is 0.0677. The summed E-state index contributed by atoms with van der Waals surface area (Å²) >= 11 is 0. The predicted octanol–water partition coefficient (Wildman–Crippen LogP) is 0.596. The van der Waals surface area contributed by atoms with Gasteiger partial charge in [-0.05, 0) is 13.8 Å². The molecule has 1 heterocycles. The van der Waals surface area contributed by atoms with Crippen molar-refractivity contribution in [3.05, 3.63) is 0 Å². The maximum atomic E-state index is 11.3. The summed E-state index contributed by atoms with van der Waals surface area (Å²) in [6.45, 7) is 5.17. The van der Waals surface area contributed by atoms with Gasteiger partial charge in [-0.25, -0.2) is 4.79 Å². The van der Waals surface area contributed by atoms with Crippen molar-refractivity contribution in [2.45, 2.75) is 19.1 Å². The van der Waals surface area contributed by atoms with Crippen LogP contribution in [-0.4, -0.2) is 45.9 Å². The van der Waals surface area contributed by atoms with E-state index in [2.05, 4.69) is 0 Å². The summed E-state index contributed by atoms with van der Waals surface area (Å²) in [6.07, 6.45) is -0.286. The molecule has 1 fully saturated rings. The van der Waals surface area contributed by atoms with E-state index in [1.807, 2.05) is 6.92 Å². The number of nitrogens with zero attached hydrogens (tertiary/aromatic N) is 1. The smallest absolute Gasteiger partial charge is 0.409 e. The van der Waals surface area contributed by atoms with E-state index in [4.69, 9.17) is 4.74 Å². The van der Waals surface area contributed by atoms with E-state index in [-0.39, 0.29) is 11.3 Å². The second-order valence-corrected chi connectivity index (χ2v) is 5.01. The Kier molecular flexibility index (Phi) is 3.71. The molecule has 0 aliphatic carbocycles. The summed E-state index contributed by atoms with van der Waals surface area (Å²) in [5.41, 5.74) is 0. The van der Waals surface area contributed by atoms with E-state index in [9.17, 15) is 9.00 Å². The summed E-state index contributed by atoms with van der Waals surface area (Å²) in [4.78, 5) is 12.9. The molecule has 0 aromatic carbocycles. The second-order valence-electron chi connectivity index (χ2n) is 3.04. The average molecular weight is 205 g/mol. The Morgan fingerprint density at radius 3 is 2.92 bits per heavy atom. The molecule has 0 bridgehead atoms. The number of hydrogen-bond acceptors (Lipinski definition) is 3. The van der Waals surface area contributed by atoms with E-state index in [1.54, 1.807) is 11.8 Å². The molecule has 0 saturated carbocycles. The second kappa shape index (κ2) is 4.60. The molecule has 0 spiro atoms. The molecule has 1 saturated heterocycles. The standard InChI is InChI=1S/C8H15NO3S/c1-3-12-8(10)9-4-5-13(11)7(2)6-9/h7H,3-6H2,1-2H3. The highest BCUT2D eigenvalue weighted by Gasteiger charge is 2.26. The third-order valence-corrected chi connectivity index (χ3v) is 3.65. The molecule has 2 unspecified atom stereocenters. The van der Waals surface area contributed by atoms with Gasteiger partial charge in [0.1, 0.15) is 0 Å². The van der Waals surface area contributed by atoms with Crippen LogP contribution >= 0.6 is 0 Å². The van der Waals surface area contributed by atoms with Gasteiger partial charge < -0.3 is 9.64 Å². The van der Waals surface area contributed by atoms with Gasteiger partial charge >= 0.3 is 6.09 Å². The van der Waals surface area contributed by atoms with E-state index in [0.29, 0.717) is 25.4 Å². The van der Waals surface area contributed by atoms with Crippen molar-refractivity contribution in [1.29, 1.82) is 0 Å². The fourth-order valence-corrected chi connectivity index (χ4v) is 2.42. The molecule has 13 heavy (non-hydrogen) atoms. The number of rotatable bonds is 1. The molecular formula is C8H15NO3S. The van der Waals surface area contributed by atoms with Crippen LogP contribution in [0.1, 0.15) is 13.8 Å². The molecule has 5 heteroatoms. The third-order valence-electron chi connectivity index (χ3n) is 2.01. The molecule has 1 aliphatic rings. The lowest BCUT2D eigenvalue weighted by Crippen LogP contribution is -2.46. The molecule has 1 aliphatic heterocycles. The molecule has 0 radical (unpaired) electrons. The number of hydrogen-bond donors (Lipinski definition) is 0. The van der Waals surface area contributed by atoms with Crippen molar-refractivity contribution in [3.8, 4) is 0 Å². The number of carbonyl (C=O) groups excluding carboxylic acids is 1. The summed E-state index contributed by atoms with van der Waals surface area (Å²) in [6, 6.07) is 0. The zero-order chi connectivity index (χ0) is 9.84. The summed E-state index contributed by atoms with van der Waals surface area (Å²) < 4.78 is 16.1. The first-order valence-corrected chi connectivity index (χ1v) is 5.82. The molecule has 0 N–H and O–H groups in total. The Bertz CT molecular complexity index is 219. The number of amides is 1. The Morgan fingerprint density at radius 1 is 1.69 bits per heavy atom. The minimum Gasteiger partial charge on any atom is -0.450 e. The topological polar surface area (TPSA) is 46.6 Å². The van der Waals surface area contributed by atoms with Gasteiger partial charge in [0.05, 0.1) is 6.61 Å². The molecule has 0 aromatic heterocycles. The van der Waals surface area contributed by atoms with Crippen molar-refractivity contribution in [3.63, 3.8) is 0 Å². The highest BCUT2D eigenvalue weighted by atomic mass is 32.2. The Balaban J connectivity index is 2.45. The Hall–Kier alpha value is -0.580. The van der Waals surface area contributed by atoms with Crippen LogP contribution in [0.4, 0.5) is 4.79 Å². The minimum atomic E-state index is -0.776. The summed E-state index contributed by atoms with van der Waals surface area (Å²) in [5.74, 6) is 0.569. The fraction of sp³-hybridized carbons (Fsp3) is 0.875. The van der Waals surface area contributed by atoms with E-state index < -0.39 is 10.8 Å². The number of carbonyl (C=O) groups is 1. The lowest BCUT2D eigenvalue weighted by molar-refractivity contribution is 0.108. The number of ether oxygens (including phenoxy) is 1. The van der Waals surface area contributed by atoms with E-state index in [1.165, 1.54) is 0 Å². The van der Waals surface area contributed by atoms with Crippen molar-refractivity contribution in [2.75, 3.05) is 25.4 Å². The molecule has 2 atom stereocenters. The molecule has 76 valence electrons. The largest absolute Gasteiger partial charge is 0.450 e. The van der Waals surface area contributed by atoms with Crippen LogP contribution in [-0.2, 0) is 15.5 Å². The van der Waals surface area contributed by atoms with Gasteiger partial charge in [0.15, 0.2) is 0 Å². The third kappa shape index (κ3) is 2.69. The molecule has 0 aromatic rings. The molecule has 1 amide bonds. The summed E-state index contributed by atoms with van der Waals surface area (Å²) in [5, 5.41) is 0.0677. The van der Waals surface area contributed by atoms with Gasteiger partial charge in [-0.1, -0.05) is 0 Å². The van der Waals surface area contributed by atoms with Gasteiger partial charge in [0.25, 0.3) is 0 Å². The van der Waals surface area contributed by atoms with Crippen molar-refractivity contribution in [2.24, 2.45) is 0 Å². The Labute approximate surface area is 80.7 Å². The SMILES string of the molecule is CCOC(=O)N1CCS(=O)C(C)C1. The monoisotopic (exact) mass is 205 g/mol. The van der Waals surface area contributed by atoms with Gasteiger partial charge in [0.2, 0.25) is 0 Å². The van der Waals surface area contributed by atoms with Crippen molar-refractivity contribution in [1.82, 2.24) is 4.90 Å². The van der Waals surface area contributed by atoms with Crippen LogP contribution in [0, 0.1) is 0 Å². The van der Waals surface area contributed by atoms with Crippen LogP contribution in [0.25, 0.3) is 0 Å². The van der Waals surface area contributed by atoms with Gasteiger partial charge in [-0.3, -0.25) is 4.21 Å². The summed E-state index contributed by atoms with van der Waals surface area (Å²) in [7, 11) is -0.776. The van der Waals surface area contributed by atoms with Crippen LogP contribution in [0.5, 0.6) is 0 Å². The average Bonchev–Trinajstić information content (AvgIpc) is 2.10. The van der Waals surface area contributed by atoms with Gasteiger partial charge in [-0.2, -0.15) is 0 Å². The first kappa shape index (κ1) is 10.5. The molecule has 1 rings (SSSR count). The normalized spacial score (nSPS) is 28.6. The molecular weight excluding hydrogens is 190 g/mol. The Morgan fingerprint density at radius 2 is 2.38 bits per heavy atom. The van der Waals surface area contributed by atoms with E-state index >= 15 is 0 Å². The van der Waals surface area contributed by atoms with Crippen LogP contribution in [0.15, 0.2) is 0 Å². The van der Waals surface area contributed by atoms with Gasteiger partial charge in [0, 0.05) is 34.9 Å².